The Kier molecular flexibility index (Phi) is 5.53. The van der Waals surface area contributed by atoms with E-state index in [1.807, 2.05) is 24.3 Å². The summed E-state index contributed by atoms with van der Waals surface area (Å²) in [5, 5.41) is 11.4. The fourth-order valence-electron chi connectivity index (χ4n) is 2.99. The molecule has 9 heteroatoms. The summed E-state index contributed by atoms with van der Waals surface area (Å²) in [6.45, 7) is 0. The van der Waals surface area contributed by atoms with Crippen LogP contribution in [0, 0.1) is 0 Å². The number of carboxylic acids is 1. The molecule has 2 heterocycles. The lowest BCUT2D eigenvalue weighted by molar-refractivity contribution is -0.122. The molecule has 1 saturated heterocycles. The Morgan fingerprint density at radius 1 is 1.03 bits per heavy atom. The number of thiocarbonyl (C=S) groups is 1. The van der Waals surface area contributed by atoms with Gasteiger partial charge in [0.05, 0.1) is 11.3 Å². The lowest BCUT2D eigenvalue weighted by atomic mass is 10.1. The van der Waals surface area contributed by atoms with Crippen LogP contribution in [0.25, 0.3) is 17.4 Å². The maximum absolute atomic E-state index is 13.0. The van der Waals surface area contributed by atoms with Gasteiger partial charge in [-0.25, -0.2) is 4.79 Å². The summed E-state index contributed by atoms with van der Waals surface area (Å²) in [6.07, 6.45) is 1.35. The molecule has 7 nitrogen and oxygen atoms in total. The lowest BCUT2D eigenvalue weighted by Crippen LogP contribution is -2.54. The summed E-state index contributed by atoms with van der Waals surface area (Å²) in [5.41, 5.74) is 1.08. The van der Waals surface area contributed by atoms with Crippen molar-refractivity contribution in [3.05, 3.63) is 82.0 Å². The number of nitrogens with zero attached hydrogens (tertiary/aromatic N) is 1. The van der Waals surface area contributed by atoms with Crippen molar-refractivity contribution in [2.75, 3.05) is 4.90 Å². The fraction of sp³-hybridized carbons (Fsp3) is 0. The summed E-state index contributed by atoms with van der Waals surface area (Å²) in [4.78, 5) is 37.6. The van der Waals surface area contributed by atoms with Gasteiger partial charge in [0.15, 0.2) is 5.11 Å². The summed E-state index contributed by atoms with van der Waals surface area (Å²) in [5.74, 6) is -1.47. The van der Waals surface area contributed by atoms with Crippen LogP contribution in [0.5, 0.6) is 0 Å². The zero-order valence-corrected chi connectivity index (χ0v) is 18.1. The van der Waals surface area contributed by atoms with Gasteiger partial charge in [-0.1, -0.05) is 28.1 Å². The van der Waals surface area contributed by atoms with E-state index in [-0.39, 0.29) is 16.2 Å². The molecule has 2 aromatic carbocycles. The maximum atomic E-state index is 13.0. The number of nitrogens with one attached hydrogen (secondary N) is 1. The predicted octanol–water partition coefficient (Wildman–Crippen LogP) is 4.24. The van der Waals surface area contributed by atoms with Crippen LogP contribution in [0.4, 0.5) is 5.69 Å². The van der Waals surface area contributed by atoms with Gasteiger partial charge in [-0.3, -0.25) is 19.8 Å². The summed E-state index contributed by atoms with van der Waals surface area (Å²) >= 11 is 8.52. The highest BCUT2D eigenvalue weighted by Crippen LogP contribution is 2.27. The third-order valence-electron chi connectivity index (χ3n) is 4.52. The molecule has 0 unspecified atom stereocenters. The number of furan rings is 1. The van der Waals surface area contributed by atoms with Crippen molar-refractivity contribution in [3.8, 4) is 11.3 Å². The number of carbonyl (C=O) groups is 3. The van der Waals surface area contributed by atoms with Crippen molar-refractivity contribution < 1.29 is 23.9 Å². The Bertz CT molecular complexity index is 1250. The van der Waals surface area contributed by atoms with E-state index in [0.29, 0.717) is 17.2 Å². The minimum absolute atomic E-state index is 0.0648. The van der Waals surface area contributed by atoms with Crippen molar-refractivity contribution >= 4 is 62.8 Å². The number of amides is 2. The van der Waals surface area contributed by atoms with Crippen LogP contribution in [0.1, 0.15) is 16.1 Å². The monoisotopic (exact) mass is 496 g/mol. The predicted molar refractivity (Wildman–Crippen MR) is 121 cm³/mol. The molecule has 154 valence electrons. The van der Waals surface area contributed by atoms with E-state index in [4.69, 9.17) is 21.7 Å². The number of aromatic carboxylic acids is 1. The van der Waals surface area contributed by atoms with Gasteiger partial charge in [0.25, 0.3) is 11.8 Å². The first-order valence-corrected chi connectivity index (χ1v) is 10.1. The molecule has 4 rings (SSSR count). The van der Waals surface area contributed by atoms with E-state index in [0.717, 1.165) is 14.9 Å². The van der Waals surface area contributed by atoms with E-state index >= 15 is 0 Å². The second-order valence-electron chi connectivity index (χ2n) is 6.52. The molecule has 1 aliphatic rings. The second-order valence-corrected chi connectivity index (χ2v) is 7.82. The SMILES string of the molecule is O=C1NC(=S)N(c2ccc(C(=O)O)cc2)C(=O)/C1=C\c1ccc(-c2ccc(Br)cc2)o1. The largest absolute Gasteiger partial charge is 0.478 e. The lowest BCUT2D eigenvalue weighted by Gasteiger charge is -2.28. The first kappa shape index (κ1) is 20.7. The van der Waals surface area contributed by atoms with Crippen LogP contribution in [0.3, 0.4) is 0 Å². The summed E-state index contributed by atoms with van der Waals surface area (Å²) in [7, 11) is 0. The van der Waals surface area contributed by atoms with Crippen molar-refractivity contribution in [3.63, 3.8) is 0 Å². The van der Waals surface area contributed by atoms with Gasteiger partial charge in [0.2, 0.25) is 0 Å². The average Bonchev–Trinajstić information content (AvgIpc) is 3.20. The molecular formula is C22H13BrN2O5S. The Labute approximate surface area is 190 Å². The first-order valence-electron chi connectivity index (χ1n) is 8.94. The molecule has 3 aromatic rings. The van der Waals surface area contributed by atoms with Crippen LogP contribution < -0.4 is 10.2 Å². The molecule has 2 N–H and O–H groups in total. The van der Waals surface area contributed by atoms with Crippen molar-refractivity contribution in [2.45, 2.75) is 0 Å². The quantitative estimate of drug-likeness (QED) is 0.318. The highest BCUT2D eigenvalue weighted by Gasteiger charge is 2.34. The van der Waals surface area contributed by atoms with Crippen molar-refractivity contribution in [1.82, 2.24) is 5.32 Å². The van der Waals surface area contributed by atoms with Gasteiger partial charge in [0.1, 0.15) is 17.1 Å². The van der Waals surface area contributed by atoms with Crippen molar-refractivity contribution in [2.24, 2.45) is 0 Å². The zero-order valence-electron chi connectivity index (χ0n) is 15.7. The highest BCUT2D eigenvalue weighted by molar-refractivity contribution is 9.10. The first-order chi connectivity index (χ1) is 14.8. The van der Waals surface area contributed by atoms with Gasteiger partial charge in [-0.2, -0.15) is 0 Å². The number of benzene rings is 2. The van der Waals surface area contributed by atoms with E-state index in [2.05, 4.69) is 21.2 Å². The Hall–Kier alpha value is -3.56. The third kappa shape index (κ3) is 4.18. The molecule has 31 heavy (non-hydrogen) atoms. The number of hydrogen-bond donors (Lipinski definition) is 2. The van der Waals surface area contributed by atoms with Crippen molar-refractivity contribution in [1.29, 1.82) is 0 Å². The molecule has 0 saturated carbocycles. The second kappa shape index (κ2) is 8.29. The Morgan fingerprint density at radius 3 is 2.35 bits per heavy atom. The molecule has 0 bridgehead atoms. The van der Waals surface area contributed by atoms with E-state index in [1.54, 1.807) is 12.1 Å². The Morgan fingerprint density at radius 2 is 1.71 bits per heavy atom. The van der Waals surface area contributed by atoms with Gasteiger partial charge in [-0.05, 0) is 66.8 Å². The fourth-order valence-corrected chi connectivity index (χ4v) is 3.53. The maximum Gasteiger partial charge on any atom is 0.335 e. The van der Waals surface area contributed by atoms with Crippen LogP contribution in [0.2, 0.25) is 0 Å². The van der Waals surface area contributed by atoms with E-state index in [9.17, 15) is 14.4 Å². The van der Waals surface area contributed by atoms with Crippen LogP contribution >= 0.6 is 28.1 Å². The molecule has 1 aromatic heterocycles. The summed E-state index contributed by atoms with van der Waals surface area (Å²) < 4.78 is 6.71. The topological polar surface area (TPSA) is 99.9 Å². The van der Waals surface area contributed by atoms with E-state index in [1.165, 1.54) is 30.3 Å². The molecule has 0 aliphatic carbocycles. The van der Waals surface area contributed by atoms with Crippen LogP contribution in [0.15, 0.2) is 75.1 Å². The third-order valence-corrected chi connectivity index (χ3v) is 5.33. The minimum atomic E-state index is -1.09. The molecule has 0 radical (unpaired) electrons. The van der Waals surface area contributed by atoms with Gasteiger partial charge in [-0.15, -0.1) is 0 Å². The number of carbonyl (C=O) groups excluding carboxylic acids is 2. The number of carboxylic acid groups (broad SMARTS) is 1. The Balaban J connectivity index is 1.65. The molecule has 0 spiro atoms. The molecule has 1 aliphatic heterocycles. The standard InChI is InChI=1S/C22H13BrN2O5S/c23-14-5-1-12(2-6-14)18-10-9-16(30-18)11-17-19(26)24-22(31)25(20(17)27)15-7-3-13(4-8-15)21(28)29/h1-11H,(H,28,29)(H,24,26,31)/b17-11-. The van der Waals surface area contributed by atoms with Gasteiger partial charge >= 0.3 is 5.97 Å². The minimum Gasteiger partial charge on any atom is -0.478 e. The number of anilines is 1. The van der Waals surface area contributed by atoms with Crippen LogP contribution in [-0.4, -0.2) is 28.0 Å². The summed E-state index contributed by atoms with van der Waals surface area (Å²) in [6, 6.07) is 16.5. The van der Waals surface area contributed by atoms with Crippen LogP contribution in [-0.2, 0) is 9.59 Å². The molecule has 1 fully saturated rings. The molecule has 2 amide bonds. The smallest absolute Gasteiger partial charge is 0.335 e. The number of rotatable bonds is 4. The normalized spacial score (nSPS) is 15.3. The number of hydrogen-bond acceptors (Lipinski definition) is 5. The van der Waals surface area contributed by atoms with Gasteiger partial charge in [0, 0.05) is 10.0 Å². The zero-order chi connectivity index (χ0) is 22.1. The van der Waals surface area contributed by atoms with E-state index < -0.39 is 17.8 Å². The molecular weight excluding hydrogens is 484 g/mol. The average molecular weight is 497 g/mol. The van der Waals surface area contributed by atoms with Gasteiger partial charge < -0.3 is 9.52 Å². The molecule has 0 atom stereocenters. The number of halogens is 1. The highest BCUT2D eigenvalue weighted by atomic mass is 79.9.